The lowest BCUT2D eigenvalue weighted by atomic mass is 9.92. The van der Waals surface area contributed by atoms with Gasteiger partial charge in [0.25, 0.3) is 0 Å². The maximum absolute atomic E-state index is 13.1. The molecule has 1 aliphatic rings. The number of ether oxygens (including phenoxy) is 1. The molecule has 332 valence electrons. The van der Waals surface area contributed by atoms with Crippen molar-refractivity contribution in [2.75, 3.05) is 36.9 Å². The zero-order valence-corrected chi connectivity index (χ0v) is 36.5. The summed E-state index contributed by atoms with van der Waals surface area (Å²) in [5, 5.41) is 27.7. The Morgan fingerprint density at radius 1 is 0.828 bits per heavy atom. The number of phenolic OH excluding ortho intramolecular Hbond substituents is 1. The van der Waals surface area contributed by atoms with E-state index in [1.807, 2.05) is 91.0 Å². The van der Waals surface area contributed by atoms with Gasteiger partial charge in [-0.15, -0.1) is 0 Å². The number of hydrogen-bond donors (Lipinski definition) is 5. The fourth-order valence-corrected chi connectivity index (χ4v) is 8.30. The molecule has 1 unspecified atom stereocenters. The Morgan fingerprint density at radius 2 is 1.52 bits per heavy atom. The number of aromatic nitrogens is 1. The molecular formula is C52H57N5O7. The largest absolute Gasteiger partial charge is 0.506 e. The van der Waals surface area contributed by atoms with Crippen molar-refractivity contribution < 1.29 is 29.3 Å². The zero-order valence-electron chi connectivity index (χ0n) is 36.5. The van der Waals surface area contributed by atoms with Crippen molar-refractivity contribution in [3.63, 3.8) is 0 Å². The van der Waals surface area contributed by atoms with E-state index in [2.05, 4.69) is 39.6 Å². The molecule has 5 N–H and O–H groups in total. The first-order valence-corrected chi connectivity index (χ1v) is 22.1. The van der Waals surface area contributed by atoms with E-state index < -0.39 is 12.2 Å². The van der Waals surface area contributed by atoms with Crippen LogP contribution >= 0.6 is 0 Å². The van der Waals surface area contributed by atoms with Gasteiger partial charge in [-0.25, -0.2) is 4.79 Å². The molecule has 2 heterocycles. The Labute approximate surface area is 373 Å². The molecule has 12 nitrogen and oxygen atoms in total. The van der Waals surface area contributed by atoms with Crippen molar-refractivity contribution in [2.24, 2.45) is 5.92 Å². The summed E-state index contributed by atoms with van der Waals surface area (Å²) in [4.78, 5) is 57.1. The number of phenols is 1. The third-order valence-electron chi connectivity index (χ3n) is 12.1. The number of aliphatic hydroxyl groups excluding tert-OH is 1. The highest BCUT2D eigenvalue weighted by Gasteiger charge is 2.24. The number of carbonyl (C=O) groups is 3. The number of aliphatic hydroxyl groups is 1. The minimum absolute atomic E-state index is 0.000525. The molecule has 0 saturated carbocycles. The van der Waals surface area contributed by atoms with Crippen molar-refractivity contribution in [1.82, 2.24) is 15.2 Å². The van der Waals surface area contributed by atoms with Crippen molar-refractivity contribution in [3.05, 3.63) is 160 Å². The van der Waals surface area contributed by atoms with E-state index in [0.29, 0.717) is 66.8 Å². The number of H-pyrrole nitrogens is 1. The number of likely N-dealkylation sites (tertiary alicyclic amines) is 1. The van der Waals surface area contributed by atoms with E-state index in [-0.39, 0.29) is 35.6 Å². The summed E-state index contributed by atoms with van der Waals surface area (Å²) in [6.45, 7) is 4.65. The van der Waals surface area contributed by atoms with Crippen LogP contribution in [0.25, 0.3) is 22.0 Å². The van der Waals surface area contributed by atoms with Crippen LogP contribution in [0.5, 0.6) is 5.75 Å². The monoisotopic (exact) mass is 863 g/mol. The van der Waals surface area contributed by atoms with Gasteiger partial charge in [0.1, 0.15) is 11.9 Å². The molecule has 1 fully saturated rings. The lowest BCUT2D eigenvalue weighted by molar-refractivity contribution is -0.120. The molecule has 1 aliphatic heterocycles. The van der Waals surface area contributed by atoms with E-state index in [9.17, 15) is 29.4 Å². The van der Waals surface area contributed by atoms with Crippen LogP contribution in [0.4, 0.5) is 16.2 Å². The van der Waals surface area contributed by atoms with Gasteiger partial charge in [-0.1, -0.05) is 97.9 Å². The number of fused-ring (bicyclic) bond motifs is 1. The normalized spacial score (nSPS) is 14.1. The number of nitrogens with one attached hydrogen (secondary N) is 3. The van der Waals surface area contributed by atoms with Crippen molar-refractivity contribution in [3.8, 4) is 16.9 Å². The number of para-hydroxylation sites is 1. The number of benzene rings is 5. The third-order valence-corrected chi connectivity index (χ3v) is 12.1. The summed E-state index contributed by atoms with van der Waals surface area (Å²) < 4.78 is 5.78. The average Bonchev–Trinajstić information content (AvgIpc) is 3.31. The molecule has 64 heavy (non-hydrogen) atoms. The highest BCUT2D eigenvalue weighted by molar-refractivity contribution is 5.93. The summed E-state index contributed by atoms with van der Waals surface area (Å²) in [6, 6.07) is 39.5. The fraction of sp³-hybridized carbons (Fsp3) is 0.308. The van der Waals surface area contributed by atoms with Crippen LogP contribution in [0, 0.1) is 5.92 Å². The smallest absolute Gasteiger partial charge is 0.411 e. The van der Waals surface area contributed by atoms with E-state index in [1.165, 1.54) is 17.7 Å². The zero-order chi connectivity index (χ0) is 45.0. The number of anilines is 2. The Morgan fingerprint density at radius 3 is 2.27 bits per heavy atom. The SMILES string of the molecule is CC(CC[C@H](O)c1ccc(O)c2[nH]c(=O)ccc12)Cc1ccc(CNC(=O)Cc2ccc(N(C)C(=O)CCN3CCC(OC(=O)Nc4ccccc4-c4ccccc4)CC3)cc2)cc1. The Kier molecular flexibility index (Phi) is 15.2. The molecule has 1 aromatic heterocycles. The first-order chi connectivity index (χ1) is 31.0. The van der Waals surface area contributed by atoms with Crippen molar-refractivity contribution in [1.29, 1.82) is 0 Å². The quantitative estimate of drug-likeness (QED) is 0.0609. The molecule has 5 aromatic carbocycles. The second-order valence-electron chi connectivity index (χ2n) is 16.8. The van der Waals surface area contributed by atoms with Gasteiger partial charge in [0.05, 0.1) is 23.7 Å². The van der Waals surface area contributed by atoms with Gasteiger partial charge in [0.15, 0.2) is 0 Å². The van der Waals surface area contributed by atoms with Crippen molar-refractivity contribution in [2.45, 2.75) is 70.6 Å². The number of nitrogens with zero attached hydrogens (tertiary/aromatic N) is 2. The predicted octanol–water partition coefficient (Wildman–Crippen LogP) is 8.52. The van der Waals surface area contributed by atoms with E-state index >= 15 is 0 Å². The number of piperidine rings is 1. The molecule has 1 saturated heterocycles. The lowest BCUT2D eigenvalue weighted by Crippen LogP contribution is -2.40. The molecule has 0 aliphatic carbocycles. The highest BCUT2D eigenvalue weighted by atomic mass is 16.6. The number of carbonyl (C=O) groups excluding carboxylic acids is 3. The predicted molar refractivity (Wildman–Crippen MR) is 251 cm³/mol. The topological polar surface area (TPSA) is 164 Å². The van der Waals surface area contributed by atoms with E-state index in [0.717, 1.165) is 53.9 Å². The number of aromatic amines is 1. The van der Waals surface area contributed by atoms with Crippen LogP contribution in [0.15, 0.2) is 132 Å². The van der Waals surface area contributed by atoms with Gasteiger partial charge in [0, 0.05) is 62.4 Å². The molecule has 0 radical (unpaired) electrons. The maximum Gasteiger partial charge on any atom is 0.411 e. The lowest BCUT2D eigenvalue weighted by Gasteiger charge is -2.31. The highest BCUT2D eigenvalue weighted by Crippen LogP contribution is 2.32. The molecular weight excluding hydrogens is 807 g/mol. The van der Waals surface area contributed by atoms with Gasteiger partial charge < -0.3 is 35.1 Å². The molecule has 7 rings (SSSR count). The summed E-state index contributed by atoms with van der Waals surface area (Å²) >= 11 is 0. The van der Waals surface area contributed by atoms with Crippen LogP contribution in [0.3, 0.4) is 0 Å². The van der Waals surface area contributed by atoms with Crippen molar-refractivity contribution >= 4 is 40.2 Å². The Bertz CT molecular complexity index is 2570. The van der Waals surface area contributed by atoms with Gasteiger partial charge in [0.2, 0.25) is 17.4 Å². The number of pyridine rings is 1. The molecule has 2 atom stereocenters. The second-order valence-corrected chi connectivity index (χ2v) is 16.8. The molecule has 0 bridgehead atoms. The Balaban J connectivity index is 0.775. The minimum atomic E-state index is -0.732. The molecule has 12 heteroatoms. The molecule has 0 spiro atoms. The first-order valence-electron chi connectivity index (χ1n) is 22.1. The fourth-order valence-electron chi connectivity index (χ4n) is 8.30. The van der Waals surface area contributed by atoms with Crippen LogP contribution in [-0.2, 0) is 33.7 Å². The summed E-state index contributed by atoms with van der Waals surface area (Å²) in [7, 11) is 1.77. The standard InChI is InChI=1S/C52H57N5O7/c1-35(12-23-46(58)43-21-24-47(59)51-44(43)22-25-48(60)55-51)32-36-13-15-38(16-14-36)34-53-49(61)33-37-17-19-40(20-18-37)56(2)50(62)28-31-57-29-26-41(27-30-57)64-52(63)54-45-11-7-6-10-42(45)39-8-4-3-5-9-39/h3-11,13-22,24-25,35,41,46,58-59H,12,23,26-34H2,1-2H3,(H,53,61)(H,54,63)(H,55,60)/t35?,46-/m0/s1. The number of hydrogen-bond acceptors (Lipinski definition) is 8. The van der Waals surface area contributed by atoms with Gasteiger partial charge in [-0.2, -0.15) is 0 Å². The van der Waals surface area contributed by atoms with Crippen LogP contribution in [-0.4, -0.2) is 70.8 Å². The van der Waals surface area contributed by atoms with E-state index in [4.69, 9.17) is 4.74 Å². The average molecular weight is 864 g/mol. The number of aromatic hydroxyl groups is 1. The maximum atomic E-state index is 13.1. The third kappa shape index (κ3) is 12.2. The molecule has 6 aromatic rings. The van der Waals surface area contributed by atoms with Gasteiger partial charge in [-0.05, 0) is 96.2 Å². The Hall–Kier alpha value is -6.76. The van der Waals surface area contributed by atoms with E-state index in [1.54, 1.807) is 24.1 Å². The first kappa shape index (κ1) is 45.3. The van der Waals surface area contributed by atoms with Crippen LogP contribution in [0.2, 0.25) is 0 Å². The number of amides is 3. The van der Waals surface area contributed by atoms with Crippen LogP contribution < -0.4 is 21.1 Å². The minimum Gasteiger partial charge on any atom is -0.506 e. The summed E-state index contributed by atoms with van der Waals surface area (Å²) in [5.74, 6) is 0.186. The van der Waals surface area contributed by atoms with Gasteiger partial charge in [-0.3, -0.25) is 19.7 Å². The number of rotatable bonds is 17. The molecule has 3 amide bonds. The van der Waals surface area contributed by atoms with Gasteiger partial charge >= 0.3 is 6.09 Å². The summed E-state index contributed by atoms with van der Waals surface area (Å²) in [5.41, 5.74) is 7.12. The second kappa shape index (κ2) is 21.5. The van der Waals surface area contributed by atoms with Crippen LogP contribution in [0.1, 0.15) is 67.4 Å². The summed E-state index contributed by atoms with van der Waals surface area (Å²) in [6.07, 6.45) is 2.75.